The van der Waals surface area contributed by atoms with E-state index >= 15 is 0 Å². The van der Waals surface area contributed by atoms with Crippen LogP contribution in [0.3, 0.4) is 0 Å². The standard InChI is InChI=1S/C21H19F2NO2/c22-12-6-7-13(16(23)9-12)20-18-11-5-4-10(8-11)17(18)14-2-1-3-15(21(25)26)19(14)24-20/h1-3,6-7,9-11,17-18,20,24H,4-5,8H2,(H,25,26). The Morgan fingerprint density at radius 1 is 1.08 bits per heavy atom. The van der Waals surface area contributed by atoms with E-state index in [4.69, 9.17) is 0 Å². The van der Waals surface area contributed by atoms with Crippen LogP contribution in [-0.4, -0.2) is 11.1 Å². The zero-order chi connectivity index (χ0) is 18.0. The van der Waals surface area contributed by atoms with Crippen molar-refractivity contribution in [1.29, 1.82) is 0 Å². The minimum absolute atomic E-state index is 0.213. The fraction of sp³-hybridized carbons (Fsp3) is 0.381. The van der Waals surface area contributed by atoms with Gasteiger partial charge in [0.15, 0.2) is 0 Å². The lowest BCUT2D eigenvalue weighted by atomic mass is 9.67. The second-order valence-corrected chi connectivity index (χ2v) is 7.80. The van der Waals surface area contributed by atoms with Crippen LogP contribution in [0.5, 0.6) is 0 Å². The Morgan fingerprint density at radius 3 is 2.65 bits per heavy atom. The predicted molar refractivity (Wildman–Crippen MR) is 93.2 cm³/mol. The largest absolute Gasteiger partial charge is 0.478 e. The molecule has 2 aromatic rings. The highest BCUT2D eigenvalue weighted by molar-refractivity contribution is 5.95. The predicted octanol–water partition coefficient (Wildman–Crippen LogP) is 4.96. The van der Waals surface area contributed by atoms with Crippen molar-refractivity contribution in [3.05, 3.63) is 64.7 Å². The third kappa shape index (κ3) is 2.12. The molecule has 1 aliphatic heterocycles. The summed E-state index contributed by atoms with van der Waals surface area (Å²) in [7, 11) is 0. The van der Waals surface area contributed by atoms with Crippen molar-refractivity contribution in [2.75, 3.05) is 5.32 Å². The van der Waals surface area contributed by atoms with Crippen LogP contribution in [0.15, 0.2) is 36.4 Å². The van der Waals surface area contributed by atoms with Crippen molar-refractivity contribution in [2.24, 2.45) is 17.8 Å². The molecule has 0 spiro atoms. The lowest BCUT2D eigenvalue weighted by molar-refractivity contribution is 0.0697. The van der Waals surface area contributed by atoms with Crippen molar-refractivity contribution in [2.45, 2.75) is 31.2 Å². The summed E-state index contributed by atoms with van der Waals surface area (Å²) in [5.74, 6) is -0.703. The van der Waals surface area contributed by atoms with Crippen LogP contribution in [-0.2, 0) is 0 Å². The van der Waals surface area contributed by atoms with Crippen LogP contribution in [0.4, 0.5) is 14.5 Å². The van der Waals surface area contributed by atoms with Gasteiger partial charge < -0.3 is 10.4 Å². The Bertz CT molecular complexity index is 913. The smallest absolute Gasteiger partial charge is 0.337 e. The Kier molecular flexibility index (Phi) is 3.36. The fourth-order valence-electron chi connectivity index (χ4n) is 5.75. The quantitative estimate of drug-likeness (QED) is 0.800. The normalized spacial score (nSPS) is 31.2. The maximum atomic E-state index is 14.6. The molecule has 2 aromatic carbocycles. The number of carboxylic acid groups (broad SMARTS) is 1. The zero-order valence-electron chi connectivity index (χ0n) is 14.1. The minimum atomic E-state index is -0.991. The summed E-state index contributed by atoms with van der Waals surface area (Å²) in [6, 6.07) is 8.75. The lowest BCUT2D eigenvalue weighted by Crippen LogP contribution is -2.36. The summed E-state index contributed by atoms with van der Waals surface area (Å²) < 4.78 is 28.0. The van der Waals surface area contributed by atoms with E-state index in [-0.39, 0.29) is 23.4 Å². The highest BCUT2D eigenvalue weighted by Crippen LogP contribution is 2.64. The number of anilines is 1. The maximum absolute atomic E-state index is 14.6. The van der Waals surface area contributed by atoms with E-state index in [0.29, 0.717) is 23.1 Å². The number of para-hydroxylation sites is 1. The van der Waals surface area contributed by atoms with Gasteiger partial charge in [-0.3, -0.25) is 0 Å². The Labute approximate surface area is 150 Å². The van der Waals surface area contributed by atoms with Crippen molar-refractivity contribution >= 4 is 11.7 Å². The lowest BCUT2D eigenvalue weighted by Gasteiger charge is -2.44. The van der Waals surface area contributed by atoms with Crippen molar-refractivity contribution in [3.63, 3.8) is 0 Å². The van der Waals surface area contributed by atoms with Gasteiger partial charge in [-0.2, -0.15) is 0 Å². The second-order valence-electron chi connectivity index (χ2n) is 7.80. The molecule has 0 amide bonds. The summed E-state index contributed by atoms with van der Waals surface area (Å²) in [6.07, 6.45) is 3.37. The number of aromatic carboxylic acids is 1. The van der Waals surface area contributed by atoms with Gasteiger partial charge in [0.25, 0.3) is 0 Å². The SMILES string of the molecule is O=C(O)c1cccc2c1NC(c1ccc(F)cc1F)C1C3CCC(C3)C21. The highest BCUT2D eigenvalue weighted by Gasteiger charge is 2.54. The summed E-state index contributed by atoms with van der Waals surface area (Å²) in [5, 5.41) is 12.9. The molecule has 1 heterocycles. The molecule has 2 saturated carbocycles. The summed E-state index contributed by atoms with van der Waals surface area (Å²) in [5.41, 5.74) is 2.29. The van der Waals surface area contributed by atoms with Crippen LogP contribution in [0.25, 0.3) is 0 Å². The van der Waals surface area contributed by atoms with Crippen molar-refractivity contribution in [3.8, 4) is 0 Å². The number of rotatable bonds is 2. The molecule has 0 saturated heterocycles. The number of hydrogen-bond donors (Lipinski definition) is 2. The van der Waals surface area contributed by atoms with E-state index in [1.807, 2.05) is 6.07 Å². The molecule has 2 bridgehead atoms. The molecule has 2 aliphatic carbocycles. The first-order valence-electron chi connectivity index (χ1n) is 9.12. The summed E-state index contributed by atoms with van der Waals surface area (Å²) >= 11 is 0. The molecule has 2 fully saturated rings. The monoisotopic (exact) mass is 355 g/mol. The van der Waals surface area contributed by atoms with Gasteiger partial charge in [0.05, 0.1) is 17.3 Å². The van der Waals surface area contributed by atoms with E-state index in [1.54, 1.807) is 12.1 Å². The first-order valence-corrected chi connectivity index (χ1v) is 9.12. The summed E-state index contributed by atoms with van der Waals surface area (Å²) in [4.78, 5) is 11.7. The Balaban J connectivity index is 1.69. The molecule has 5 unspecified atom stereocenters. The molecule has 0 aromatic heterocycles. The maximum Gasteiger partial charge on any atom is 0.337 e. The first-order chi connectivity index (χ1) is 12.5. The molecule has 0 radical (unpaired) electrons. The molecule has 5 rings (SSSR count). The molecule has 26 heavy (non-hydrogen) atoms. The van der Waals surface area contributed by atoms with Crippen LogP contribution in [0.2, 0.25) is 0 Å². The Hall–Kier alpha value is -2.43. The number of fused-ring (bicyclic) bond motifs is 7. The van der Waals surface area contributed by atoms with E-state index in [2.05, 4.69) is 5.32 Å². The van der Waals surface area contributed by atoms with Gasteiger partial charge in [0.1, 0.15) is 11.6 Å². The molecular formula is C21H19F2NO2. The topological polar surface area (TPSA) is 49.3 Å². The molecule has 5 atom stereocenters. The second kappa shape index (κ2) is 5.53. The van der Waals surface area contributed by atoms with Gasteiger partial charge in [-0.15, -0.1) is 0 Å². The number of benzene rings is 2. The summed E-state index contributed by atoms with van der Waals surface area (Å²) in [6.45, 7) is 0. The van der Waals surface area contributed by atoms with Crippen LogP contribution in [0, 0.1) is 29.4 Å². The average Bonchev–Trinajstić information content (AvgIpc) is 3.23. The van der Waals surface area contributed by atoms with E-state index in [9.17, 15) is 18.7 Å². The minimum Gasteiger partial charge on any atom is -0.478 e. The molecule has 5 heteroatoms. The molecule has 2 N–H and O–H groups in total. The molecule has 3 aliphatic rings. The molecule has 3 nitrogen and oxygen atoms in total. The number of nitrogens with one attached hydrogen (secondary N) is 1. The highest BCUT2D eigenvalue weighted by atomic mass is 19.1. The van der Waals surface area contributed by atoms with Gasteiger partial charge in [0, 0.05) is 11.6 Å². The van der Waals surface area contributed by atoms with Crippen molar-refractivity contribution in [1.82, 2.24) is 0 Å². The van der Waals surface area contributed by atoms with Gasteiger partial charge in [-0.25, -0.2) is 13.6 Å². The van der Waals surface area contributed by atoms with E-state index in [1.165, 1.54) is 12.1 Å². The number of hydrogen-bond acceptors (Lipinski definition) is 2. The third-order valence-electron chi connectivity index (χ3n) is 6.65. The molecular weight excluding hydrogens is 336 g/mol. The Morgan fingerprint density at radius 2 is 1.88 bits per heavy atom. The number of carboxylic acids is 1. The number of halogens is 2. The van der Waals surface area contributed by atoms with Gasteiger partial charge >= 0.3 is 5.97 Å². The van der Waals surface area contributed by atoms with Gasteiger partial charge in [-0.05, 0) is 60.6 Å². The van der Waals surface area contributed by atoms with Crippen LogP contribution >= 0.6 is 0 Å². The number of carbonyl (C=O) groups is 1. The third-order valence-corrected chi connectivity index (χ3v) is 6.65. The molecule has 134 valence electrons. The van der Waals surface area contributed by atoms with Gasteiger partial charge in [-0.1, -0.05) is 18.2 Å². The van der Waals surface area contributed by atoms with Crippen molar-refractivity contribution < 1.29 is 18.7 Å². The van der Waals surface area contributed by atoms with E-state index in [0.717, 1.165) is 30.9 Å². The fourth-order valence-corrected chi connectivity index (χ4v) is 5.75. The van der Waals surface area contributed by atoms with Crippen LogP contribution < -0.4 is 5.32 Å². The van der Waals surface area contributed by atoms with Crippen LogP contribution in [0.1, 0.15) is 52.7 Å². The van der Waals surface area contributed by atoms with Gasteiger partial charge in [0.2, 0.25) is 0 Å². The first kappa shape index (κ1) is 15.8. The average molecular weight is 355 g/mol. The zero-order valence-corrected chi connectivity index (χ0v) is 14.1. The van der Waals surface area contributed by atoms with E-state index < -0.39 is 17.6 Å².